The van der Waals surface area contributed by atoms with E-state index < -0.39 is 12.0 Å². The van der Waals surface area contributed by atoms with Crippen LogP contribution in [0.2, 0.25) is 0 Å². The number of halogens is 3. The van der Waals surface area contributed by atoms with Gasteiger partial charge in [0.2, 0.25) is 5.16 Å². The monoisotopic (exact) mass is 434 g/mol. The van der Waals surface area contributed by atoms with E-state index in [1.54, 1.807) is 0 Å². The Morgan fingerprint density at radius 2 is 1.86 bits per heavy atom. The minimum Gasteiger partial charge on any atom is -0.335 e. The van der Waals surface area contributed by atoms with Crippen LogP contribution in [0.25, 0.3) is 21.3 Å². The predicted molar refractivity (Wildman–Crippen MR) is 104 cm³/mol. The Labute approximate surface area is 171 Å². The maximum atomic E-state index is 13.0. The molecule has 1 aliphatic carbocycles. The first-order valence-corrected chi connectivity index (χ1v) is 10.4. The molecule has 4 aromatic rings. The molecule has 0 atom stereocenters. The van der Waals surface area contributed by atoms with Crippen LogP contribution >= 0.6 is 23.1 Å². The molecule has 6 nitrogen and oxygen atoms in total. The van der Waals surface area contributed by atoms with E-state index in [1.165, 1.54) is 11.3 Å². The first-order valence-electron chi connectivity index (χ1n) is 8.72. The fourth-order valence-corrected chi connectivity index (χ4v) is 4.89. The molecule has 0 amide bonds. The minimum absolute atomic E-state index is 0.0794. The van der Waals surface area contributed by atoms with Gasteiger partial charge in [0.05, 0.1) is 5.39 Å². The van der Waals surface area contributed by atoms with Crippen molar-refractivity contribution in [3.63, 3.8) is 0 Å². The van der Waals surface area contributed by atoms with Crippen LogP contribution in [-0.2, 0) is 6.18 Å². The molecule has 0 aliphatic heterocycles. The summed E-state index contributed by atoms with van der Waals surface area (Å²) in [5.41, 5.74) is 1.91. The topological polar surface area (TPSA) is 82.5 Å². The van der Waals surface area contributed by atoms with E-state index in [9.17, 15) is 13.2 Å². The van der Waals surface area contributed by atoms with Crippen LogP contribution in [0.5, 0.6) is 0 Å². The van der Waals surface area contributed by atoms with Crippen molar-refractivity contribution in [1.82, 2.24) is 24.8 Å². The normalized spacial score (nSPS) is 14.6. The standard InChI is InChI=1S/C18H13F3N6S2/c19-18(20,21)16-25-26-17(27(16)22)29-15-12-11(9-4-2-1-3-5-9)8-28-14(12)23-13(24-15)10-6-7-10/h1-5,8,10H,6-7,22H2. The van der Waals surface area contributed by atoms with Crippen LogP contribution in [0.4, 0.5) is 13.2 Å². The fourth-order valence-electron chi connectivity index (χ4n) is 2.98. The van der Waals surface area contributed by atoms with Gasteiger partial charge in [0, 0.05) is 16.9 Å². The molecule has 0 saturated heterocycles. The molecule has 0 spiro atoms. The van der Waals surface area contributed by atoms with Gasteiger partial charge >= 0.3 is 6.18 Å². The predicted octanol–water partition coefficient (Wildman–Crippen LogP) is 4.71. The number of fused-ring (bicyclic) bond motifs is 1. The van der Waals surface area contributed by atoms with Crippen LogP contribution in [0.15, 0.2) is 45.9 Å². The number of nitrogen functional groups attached to an aromatic ring is 1. The number of aromatic nitrogens is 5. The summed E-state index contributed by atoms with van der Waals surface area (Å²) in [6, 6.07) is 9.72. The fraction of sp³-hybridized carbons (Fsp3) is 0.222. The zero-order valence-electron chi connectivity index (χ0n) is 14.7. The van der Waals surface area contributed by atoms with Gasteiger partial charge in [0.15, 0.2) is 0 Å². The lowest BCUT2D eigenvalue weighted by molar-refractivity contribution is -0.146. The number of benzene rings is 1. The van der Waals surface area contributed by atoms with Crippen molar-refractivity contribution >= 4 is 33.3 Å². The van der Waals surface area contributed by atoms with Gasteiger partial charge in [0.25, 0.3) is 5.82 Å². The number of nitrogens with two attached hydrogens (primary N) is 1. The van der Waals surface area contributed by atoms with E-state index in [0.29, 0.717) is 21.4 Å². The average molecular weight is 434 g/mol. The molecule has 29 heavy (non-hydrogen) atoms. The van der Waals surface area contributed by atoms with E-state index in [2.05, 4.69) is 15.2 Å². The van der Waals surface area contributed by atoms with Crippen molar-refractivity contribution in [2.45, 2.75) is 35.1 Å². The highest BCUT2D eigenvalue weighted by Crippen LogP contribution is 2.44. The van der Waals surface area contributed by atoms with E-state index in [0.717, 1.165) is 45.9 Å². The number of hydrogen-bond acceptors (Lipinski definition) is 7. The molecule has 5 rings (SSSR count). The first kappa shape index (κ1) is 18.4. The summed E-state index contributed by atoms with van der Waals surface area (Å²) < 4.78 is 39.6. The van der Waals surface area contributed by atoms with Crippen LogP contribution in [0.3, 0.4) is 0 Å². The molecule has 11 heteroatoms. The Hall–Kier alpha value is -2.66. The minimum atomic E-state index is -4.68. The second-order valence-electron chi connectivity index (χ2n) is 6.63. The molecular weight excluding hydrogens is 421 g/mol. The Morgan fingerprint density at radius 1 is 1.10 bits per heavy atom. The third-order valence-corrected chi connectivity index (χ3v) is 6.37. The smallest absolute Gasteiger partial charge is 0.335 e. The van der Waals surface area contributed by atoms with E-state index in [4.69, 9.17) is 10.8 Å². The molecule has 0 radical (unpaired) electrons. The summed E-state index contributed by atoms with van der Waals surface area (Å²) in [5, 5.41) is 10.1. The summed E-state index contributed by atoms with van der Waals surface area (Å²) in [7, 11) is 0. The summed E-state index contributed by atoms with van der Waals surface area (Å²) in [6.07, 6.45) is -2.66. The van der Waals surface area contributed by atoms with Gasteiger partial charge in [-0.05, 0) is 30.2 Å². The first-order chi connectivity index (χ1) is 13.9. The highest BCUT2D eigenvalue weighted by molar-refractivity contribution is 7.99. The quantitative estimate of drug-likeness (QED) is 0.370. The zero-order valence-corrected chi connectivity index (χ0v) is 16.4. The van der Waals surface area contributed by atoms with Crippen molar-refractivity contribution in [2.75, 3.05) is 5.84 Å². The lowest BCUT2D eigenvalue weighted by Gasteiger charge is -2.08. The largest absolute Gasteiger partial charge is 0.453 e. The summed E-state index contributed by atoms with van der Waals surface area (Å²) in [4.78, 5) is 10.2. The Kier molecular flexibility index (Phi) is 4.24. The molecule has 0 bridgehead atoms. The van der Waals surface area contributed by atoms with Gasteiger partial charge < -0.3 is 5.84 Å². The van der Waals surface area contributed by atoms with Crippen molar-refractivity contribution in [3.05, 3.63) is 47.4 Å². The van der Waals surface area contributed by atoms with Gasteiger partial charge in [-0.25, -0.2) is 14.6 Å². The summed E-state index contributed by atoms with van der Waals surface area (Å²) in [5.74, 6) is 5.38. The number of alkyl halides is 3. The van der Waals surface area contributed by atoms with Gasteiger partial charge in [-0.2, -0.15) is 13.2 Å². The van der Waals surface area contributed by atoms with Crippen molar-refractivity contribution in [1.29, 1.82) is 0 Å². The van der Waals surface area contributed by atoms with Crippen molar-refractivity contribution in [2.24, 2.45) is 0 Å². The van der Waals surface area contributed by atoms with Crippen molar-refractivity contribution in [3.8, 4) is 11.1 Å². The third kappa shape index (κ3) is 3.33. The van der Waals surface area contributed by atoms with E-state index >= 15 is 0 Å². The average Bonchev–Trinajstić information content (AvgIpc) is 3.35. The van der Waals surface area contributed by atoms with Crippen LogP contribution in [-0.4, -0.2) is 24.8 Å². The maximum Gasteiger partial charge on any atom is 0.453 e. The van der Waals surface area contributed by atoms with Crippen molar-refractivity contribution < 1.29 is 13.2 Å². The van der Waals surface area contributed by atoms with Gasteiger partial charge in [-0.15, -0.1) is 21.5 Å². The molecule has 1 fully saturated rings. The Bertz CT molecular complexity index is 1200. The molecular formula is C18H13F3N6S2. The molecule has 1 saturated carbocycles. The van der Waals surface area contributed by atoms with E-state index in [-0.39, 0.29) is 5.16 Å². The molecule has 3 heterocycles. The van der Waals surface area contributed by atoms with Crippen LogP contribution < -0.4 is 5.84 Å². The van der Waals surface area contributed by atoms with E-state index in [1.807, 2.05) is 35.7 Å². The molecule has 1 aromatic carbocycles. The maximum absolute atomic E-state index is 13.0. The van der Waals surface area contributed by atoms with Gasteiger partial charge in [-0.1, -0.05) is 30.3 Å². The molecule has 1 aliphatic rings. The number of rotatable bonds is 4. The molecule has 2 N–H and O–H groups in total. The summed E-state index contributed by atoms with van der Waals surface area (Å²) in [6.45, 7) is 0. The number of thiophene rings is 1. The highest BCUT2D eigenvalue weighted by atomic mass is 32.2. The van der Waals surface area contributed by atoms with Crippen LogP contribution in [0.1, 0.15) is 30.4 Å². The van der Waals surface area contributed by atoms with Crippen LogP contribution in [0, 0.1) is 0 Å². The molecule has 3 aromatic heterocycles. The number of hydrogen-bond donors (Lipinski definition) is 1. The van der Waals surface area contributed by atoms with Gasteiger partial charge in [-0.3, -0.25) is 0 Å². The Morgan fingerprint density at radius 3 is 2.52 bits per heavy atom. The lowest BCUT2D eigenvalue weighted by Crippen LogP contribution is -2.21. The second-order valence-corrected chi connectivity index (χ2v) is 8.45. The highest BCUT2D eigenvalue weighted by Gasteiger charge is 2.38. The third-order valence-electron chi connectivity index (χ3n) is 4.55. The SMILES string of the molecule is Nn1c(Sc2nc(C3CC3)nc3scc(-c4ccccc4)c23)nnc1C(F)(F)F. The number of nitrogens with zero attached hydrogens (tertiary/aromatic N) is 5. The molecule has 148 valence electrons. The second kappa shape index (κ2) is 6.70. The van der Waals surface area contributed by atoms with Gasteiger partial charge in [0.1, 0.15) is 15.7 Å². The molecule has 0 unspecified atom stereocenters. The zero-order chi connectivity index (χ0) is 20.2. The Balaban J connectivity index is 1.66. The lowest BCUT2D eigenvalue weighted by atomic mass is 10.1. The summed E-state index contributed by atoms with van der Waals surface area (Å²) >= 11 is 2.46.